The van der Waals surface area contributed by atoms with Crippen LogP contribution >= 0.6 is 11.6 Å². The van der Waals surface area contributed by atoms with E-state index >= 15 is 0 Å². The van der Waals surface area contributed by atoms with Gasteiger partial charge in [0.2, 0.25) is 0 Å². The van der Waals surface area contributed by atoms with Crippen LogP contribution in [0.4, 0.5) is 0 Å². The quantitative estimate of drug-likeness (QED) is 0.464. The molecule has 5 rings (SSSR count). The van der Waals surface area contributed by atoms with Gasteiger partial charge in [-0.2, -0.15) is 0 Å². The van der Waals surface area contributed by atoms with Crippen LogP contribution in [0, 0.1) is 0 Å². The minimum absolute atomic E-state index is 0.0679. The predicted molar refractivity (Wildman–Crippen MR) is 120 cm³/mol. The van der Waals surface area contributed by atoms with Gasteiger partial charge in [0.05, 0.1) is 11.0 Å². The fourth-order valence-corrected chi connectivity index (χ4v) is 4.22. The number of amides is 1. The molecule has 2 aromatic heterocycles. The standard InChI is InChI=1S/C24H21ClN4O/c25-22-9-7-18-15-19(6-8-21(18)27-22)24(30)29-13-11-28(12-14-29)16-20-4-1-3-17-5-2-10-26-23(17)20/h1-10,15H,11-14,16H2. The SMILES string of the molecule is O=C(c1ccc2nc(Cl)ccc2c1)N1CCN(Cc2cccc3cccnc23)CC1. The first-order valence-corrected chi connectivity index (χ1v) is 10.5. The summed E-state index contributed by atoms with van der Waals surface area (Å²) in [6.45, 7) is 3.97. The molecule has 1 aliphatic rings. The summed E-state index contributed by atoms with van der Waals surface area (Å²) in [6.07, 6.45) is 1.84. The molecule has 0 saturated carbocycles. The van der Waals surface area contributed by atoms with Crippen LogP contribution in [-0.2, 0) is 6.54 Å². The van der Waals surface area contributed by atoms with Crippen LogP contribution in [0.3, 0.4) is 0 Å². The third kappa shape index (κ3) is 3.74. The van der Waals surface area contributed by atoms with E-state index in [1.54, 1.807) is 6.07 Å². The average molecular weight is 417 g/mol. The Morgan fingerprint density at radius 3 is 2.63 bits per heavy atom. The zero-order chi connectivity index (χ0) is 20.5. The second kappa shape index (κ2) is 8.01. The Balaban J connectivity index is 1.26. The van der Waals surface area contributed by atoms with Crippen LogP contribution in [0.25, 0.3) is 21.8 Å². The van der Waals surface area contributed by atoms with E-state index in [-0.39, 0.29) is 5.91 Å². The van der Waals surface area contributed by atoms with Crippen LogP contribution in [-0.4, -0.2) is 51.9 Å². The molecule has 1 fully saturated rings. The zero-order valence-electron chi connectivity index (χ0n) is 16.5. The van der Waals surface area contributed by atoms with Gasteiger partial charge in [-0.3, -0.25) is 14.7 Å². The number of piperazine rings is 1. The number of halogens is 1. The Labute approximate surface area is 179 Å². The third-order valence-electron chi connectivity index (χ3n) is 5.67. The number of fused-ring (bicyclic) bond motifs is 2. The lowest BCUT2D eigenvalue weighted by Gasteiger charge is -2.35. The van der Waals surface area contributed by atoms with E-state index in [1.165, 1.54) is 5.56 Å². The number of hydrogen-bond donors (Lipinski definition) is 0. The van der Waals surface area contributed by atoms with Crippen LogP contribution in [0.15, 0.2) is 66.9 Å². The number of nitrogens with zero attached hydrogens (tertiary/aromatic N) is 4. The first-order valence-electron chi connectivity index (χ1n) is 10.1. The molecule has 0 spiro atoms. The molecule has 1 amide bonds. The van der Waals surface area contributed by atoms with Crippen molar-refractivity contribution in [3.63, 3.8) is 0 Å². The summed E-state index contributed by atoms with van der Waals surface area (Å²) in [6, 6.07) is 19.6. The lowest BCUT2D eigenvalue weighted by Crippen LogP contribution is -2.48. The van der Waals surface area contributed by atoms with Crippen molar-refractivity contribution < 1.29 is 4.79 Å². The Morgan fingerprint density at radius 2 is 1.77 bits per heavy atom. The van der Waals surface area contributed by atoms with Gasteiger partial charge in [-0.25, -0.2) is 4.98 Å². The number of aromatic nitrogens is 2. The van der Waals surface area contributed by atoms with Crippen molar-refractivity contribution in [1.29, 1.82) is 0 Å². The number of para-hydroxylation sites is 1. The minimum Gasteiger partial charge on any atom is -0.336 e. The maximum Gasteiger partial charge on any atom is 0.253 e. The molecule has 6 heteroatoms. The topological polar surface area (TPSA) is 49.3 Å². The van der Waals surface area contributed by atoms with E-state index in [0.717, 1.165) is 41.4 Å². The van der Waals surface area contributed by atoms with Gasteiger partial charge in [-0.1, -0.05) is 35.9 Å². The molecule has 3 heterocycles. The largest absolute Gasteiger partial charge is 0.336 e. The van der Waals surface area contributed by atoms with Gasteiger partial charge in [-0.15, -0.1) is 0 Å². The minimum atomic E-state index is 0.0679. The van der Waals surface area contributed by atoms with Crippen LogP contribution in [0.2, 0.25) is 5.15 Å². The molecule has 0 unspecified atom stereocenters. The molecule has 0 bridgehead atoms. The van der Waals surface area contributed by atoms with Crippen molar-refractivity contribution in [3.05, 3.63) is 83.1 Å². The molecule has 0 atom stereocenters. The molecule has 0 N–H and O–H groups in total. The molecule has 5 nitrogen and oxygen atoms in total. The summed E-state index contributed by atoms with van der Waals surface area (Å²) in [5, 5.41) is 2.54. The van der Waals surface area contributed by atoms with E-state index in [0.29, 0.717) is 23.8 Å². The van der Waals surface area contributed by atoms with Gasteiger partial charge in [0.25, 0.3) is 5.91 Å². The smallest absolute Gasteiger partial charge is 0.253 e. The molecular weight excluding hydrogens is 396 g/mol. The molecule has 0 aliphatic carbocycles. The molecule has 2 aromatic carbocycles. The maximum atomic E-state index is 13.0. The number of carbonyl (C=O) groups is 1. The second-order valence-electron chi connectivity index (χ2n) is 7.60. The number of rotatable bonds is 3. The fraction of sp³-hybridized carbons (Fsp3) is 0.208. The lowest BCUT2D eigenvalue weighted by atomic mass is 10.1. The third-order valence-corrected chi connectivity index (χ3v) is 5.88. The van der Waals surface area contributed by atoms with Gasteiger partial charge in [-0.05, 0) is 42.0 Å². The summed E-state index contributed by atoms with van der Waals surface area (Å²) in [4.78, 5) is 26.2. The highest BCUT2D eigenvalue weighted by Crippen LogP contribution is 2.21. The number of hydrogen-bond acceptors (Lipinski definition) is 4. The van der Waals surface area contributed by atoms with E-state index in [9.17, 15) is 4.79 Å². The van der Waals surface area contributed by atoms with Crippen molar-refractivity contribution in [2.24, 2.45) is 0 Å². The van der Waals surface area contributed by atoms with Crippen molar-refractivity contribution in [2.75, 3.05) is 26.2 Å². The van der Waals surface area contributed by atoms with E-state index in [2.05, 4.69) is 39.1 Å². The number of carbonyl (C=O) groups excluding carboxylic acids is 1. The summed E-state index contributed by atoms with van der Waals surface area (Å²) in [5.74, 6) is 0.0679. The normalized spacial score (nSPS) is 15.0. The van der Waals surface area contributed by atoms with Gasteiger partial charge >= 0.3 is 0 Å². The Morgan fingerprint density at radius 1 is 0.933 bits per heavy atom. The molecular formula is C24H21ClN4O. The lowest BCUT2D eigenvalue weighted by molar-refractivity contribution is 0.0629. The van der Waals surface area contributed by atoms with Crippen molar-refractivity contribution in [3.8, 4) is 0 Å². The van der Waals surface area contributed by atoms with E-state index < -0.39 is 0 Å². The average Bonchev–Trinajstić information content (AvgIpc) is 2.79. The Hall–Kier alpha value is -3.02. The Kier molecular flexibility index (Phi) is 5.07. The first-order chi connectivity index (χ1) is 14.7. The highest BCUT2D eigenvalue weighted by molar-refractivity contribution is 6.29. The second-order valence-corrected chi connectivity index (χ2v) is 7.99. The first kappa shape index (κ1) is 19.0. The van der Waals surface area contributed by atoms with E-state index in [4.69, 9.17) is 11.6 Å². The highest BCUT2D eigenvalue weighted by Gasteiger charge is 2.23. The molecule has 150 valence electrons. The Bertz CT molecular complexity index is 1230. The summed E-state index contributed by atoms with van der Waals surface area (Å²) >= 11 is 5.95. The maximum absolute atomic E-state index is 13.0. The van der Waals surface area contributed by atoms with Gasteiger partial charge < -0.3 is 4.90 Å². The molecule has 4 aromatic rings. The summed E-state index contributed by atoms with van der Waals surface area (Å²) < 4.78 is 0. The highest BCUT2D eigenvalue weighted by atomic mass is 35.5. The van der Waals surface area contributed by atoms with Crippen molar-refractivity contribution >= 4 is 39.3 Å². The summed E-state index contributed by atoms with van der Waals surface area (Å²) in [7, 11) is 0. The van der Waals surface area contributed by atoms with Gasteiger partial charge in [0, 0.05) is 55.3 Å². The van der Waals surface area contributed by atoms with Crippen molar-refractivity contribution in [2.45, 2.75) is 6.54 Å². The van der Waals surface area contributed by atoms with Crippen LogP contribution in [0.1, 0.15) is 15.9 Å². The molecule has 1 aliphatic heterocycles. The van der Waals surface area contributed by atoms with E-state index in [1.807, 2.05) is 41.4 Å². The van der Waals surface area contributed by atoms with Crippen LogP contribution < -0.4 is 0 Å². The molecule has 1 saturated heterocycles. The molecule has 30 heavy (non-hydrogen) atoms. The van der Waals surface area contributed by atoms with Crippen LogP contribution in [0.5, 0.6) is 0 Å². The monoisotopic (exact) mass is 416 g/mol. The predicted octanol–water partition coefficient (Wildman–Crippen LogP) is 4.39. The number of benzene rings is 2. The van der Waals surface area contributed by atoms with Crippen molar-refractivity contribution in [1.82, 2.24) is 19.8 Å². The molecule has 0 radical (unpaired) electrons. The fourth-order valence-electron chi connectivity index (χ4n) is 4.06. The van der Waals surface area contributed by atoms with Gasteiger partial charge in [0.15, 0.2) is 0 Å². The van der Waals surface area contributed by atoms with Gasteiger partial charge in [0.1, 0.15) is 5.15 Å². The summed E-state index contributed by atoms with van der Waals surface area (Å²) in [5.41, 5.74) is 3.78. The zero-order valence-corrected chi connectivity index (χ0v) is 17.2. The number of pyridine rings is 2.